The molecule has 0 amide bonds. The number of carbonyl (C=O) groups is 1. The Morgan fingerprint density at radius 3 is 3.06 bits per heavy atom. The van der Waals surface area contributed by atoms with Gasteiger partial charge in [0.1, 0.15) is 11.9 Å². The van der Waals surface area contributed by atoms with Gasteiger partial charge in [0.2, 0.25) is 0 Å². The van der Waals surface area contributed by atoms with Gasteiger partial charge in [0.25, 0.3) is 0 Å². The van der Waals surface area contributed by atoms with Gasteiger partial charge in [-0.3, -0.25) is 9.79 Å². The van der Waals surface area contributed by atoms with Gasteiger partial charge in [-0.25, -0.2) is 0 Å². The fraction of sp³-hybridized carbons (Fsp3) is 0.333. The van der Waals surface area contributed by atoms with E-state index in [2.05, 4.69) is 4.99 Å². The summed E-state index contributed by atoms with van der Waals surface area (Å²) in [5, 5.41) is 17.9. The average Bonchev–Trinajstić information content (AvgIpc) is 2.64. The van der Waals surface area contributed by atoms with Crippen molar-refractivity contribution in [3.05, 3.63) is 29.8 Å². The lowest BCUT2D eigenvalue weighted by Crippen LogP contribution is -2.18. The minimum absolute atomic E-state index is 0.0347. The van der Waals surface area contributed by atoms with E-state index in [-0.39, 0.29) is 18.3 Å². The zero-order valence-corrected chi connectivity index (χ0v) is 9.17. The molecule has 0 bridgehead atoms. The molecule has 1 aliphatic rings. The molecule has 0 aromatic heterocycles. The van der Waals surface area contributed by atoms with Gasteiger partial charge in [0, 0.05) is 6.42 Å². The second kappa shape index (κ2) is 4.86. The van der Waals surface area contributed by atoms with E-state index in [1.807, 2.05) is 6.07 Å². The highest BCUT2D eigenvalue weighted by Crippen LogP contribution is 2.15. The van der Waals surface area contributed by atoms with Crippen molar-refractivity contribution in [2.45, 2.75) is 18.9 Å². The Morgan fingerprint density at radius 1 is 1.53 bits per heavy atom. The van der Waals surface area contributed by atoms with Crippen LogP contribution >= 0.6 is 0 Å². The lowest BCUT2D eigenvalue weighted by molar-refractivity contribution is -0.138. The summed E-state index contributed by atoms with van der Waals surface area (Å²) in [5.41, 5.74) is 0.889. The first kappa shape index (κ1) is 11.4. The minimum atomic E-state index is -0.885. The smallest absolute Gasteiger partial charge is 0.307 e. The van der Waals surface area contributed by atoms with E-state index < -0.39 is 5.97 Å². The van der Waals surface area contributed by atoms with Gasteiger partial charge in [-0.2, -0.15) is 0 Å². The molecule has 2 N–H and O–H groups in total. The van der Waals surface area contributed by atoms with Crippen LogP contribution in [0.15, 0.2) is 29.3 Å². The van der Waals surface area contributed by atoms with Crippen molar-refractivity contribution in [1.82, 2.24) is 0 Å². The van der Waals surface area contributed by atoms with Crippen LogP contribution in [0.25, 0.3) is 0 Å². The fourth-order valence-corrected chi connectivity index (χ4v) is 1.71. The van der Waals surface area contributed by atoms with Crippen LogP contribution in [0, 0.1) is 0 Å². The highest BCUT2D eigenvalue weighted by molar-refractivity contribution is 5.81. The number of aliphatic imine (C=N–C) groups is 1. The quantitative estimate of drug-likeness (QED) is 0.822. The number of phenols is 1. The normalized spacial score (nSPS) is 18.6. The molecule has 5 heteroatoms. The number of hydrogen-bond acceptors (Lipinski definition) is 4. The van der Waals surface area contributed by atoms with Crippen LogP contribution in [-0.4, -0.2) is 34.7 Å². The van der Waals surface area contributed by atoms with Crippen molar-refractivity contribution >= 4 is 11.9 Å². The Hall–Kier alpha value is -2.04. The second-order valence-electron chi connectivity index (χ2n) is 3.92. The molecule has 0 saturated heterocycles. The Bertz CT molecular complexity index is 456. The van der Waals surface area contributed by atoms with Crippen LogP contribution in [0.5, 0.6) is 5.75 Å². The third-order valence-corrected chi connectivity index (χ3v) is 2.44. The first-order valence-corrected chi connectivity index (χ1v) is 5.33. The molecule has 5 nitrogen and oxygen atoms in total. The molecule has 17 heavy (non-hydrogen) atoms. The van der Waals surface area contributed by atoms with E-state index in [4.69, 9.17) is 9.84 Å². The molecule has 0 fully saturated rings. The molecule has 1 aromatic carbocycles. The molecule has 1 unspecified atom stereocenters. The number of aromatic hydroxyl groups is 1. The van der Waals surface area contributed by atoms with E-state index in [0.717, 1.165) is 5.56 Å². The molecule has 0 radical (unpaired) electrons. The number of benzene rings is 1. The number of phenolic OH excluding ortho intramolecular Hbond substituents is 1. The molecule has 2 rings (SSSR count). The number of aliphatic carboxylic acids is 1. The van der Waals surface area contributed by atoms with Gasteiger partial charge in [-0.15, -0.1) is 0 Å². The van der Waals surface area contributed by atoms with Gasteiger partial charge >= 0.3 is 5.97 Å². The second-order valence-corrected chi connectivity index (χ2v) is 3.92. The lowest BCUT2D eigenvalue weighted by Gasteiger charge is -2.08. The molecular weight excluding hydrogens is 222 g/mol. The topological polar surface area (TPSA) is 79.1 Å². The summed E-state index contributed by atoms with van der Waals surface area (Å²) in [7, 11) is 0. The van der Waals surface area contributed by atoms with Gasteiger partial charge in [0.05, 0.1) is 13.0 Å². The summed E-state index contributed by atoms with van der Waals surface area (Å²) >= 11 is 0. The molecule has 90 valence electrons. The third-order valence-electron chi connectivity index (χ3n) is 2.44. The third kappa shape index (κ3) is 3.21. The standard InChI is InChI=1S/C12H13NO4/c14-9-3-1-2-8(4-9)5-11-13-7-10(17-11)6-12(15)16/h1-4,10,14H,5-7H2,(H,15,16). The Labute approximate surface area is 98.4 Å². The monoisotopic (exact) mass is 235 g/mol. The highest BCUT2D eigenvalue weighted by Gasteiger charge is 2.22. The van der Waals surface area contributed by atoms with E-state index in [9.17, 15) is 9.90 Å². The molecule has 1 heterocycles. The van der Waals surface area contributed by atoms with Crippen LogP contribution < -0.4 is 0 Å². The van der Waals surface area contributed by atoms with Crippen LogP contribution in [0.1, 0.15) is 12.0 Å². The summed E-state index contributed by atoms with van der Waals surface area (Å²) in [6.07, 6.45) is 0.0807. The summed E-state index contributed by atoms with van der Waals surface area (Å²) in [6, 6.07) is 6.83. The minimum Gasteiger partial charge on any atom is -0.508 e. The van der Waals surface area contributed by atoms with E-state index >= 15 is 0 Å². The van der Waals surface area contributed by atoms with Gasteiger partial charge in [-0.05, 0) is 17.7 Å². The number of nitrogens with zero attached hydrogens (tertiary/aromatic N) is 1. The largest absolute Gasteiger partial charge is 0.508 e. The first-order chi connectivity index (χ1) is 8.13. The summed E-state index contributed by atoms with van der Waals surface area (Å²) < 4.78 is 5.40. The molecular formula is C12H13NO4. The first-order valence-electron chi connectivity index (χ1n) is 5.33. The van der Waals surface area contributed by atoms with Gasteiger partial charge in [0.15, 0.2) is 5.90 Å². The van der Waals surface area contributed by atoms with Crippen molar-refractivity contribution in [1.29, 1.82) is 0 Å². The Morgan fingerprint density at radius 2 is 2.35 bits per heavy atom. The van der Waals surface area contributed by atoms with Crippen LogP contribution in [0.3, 0.4) is 0 Å². The van der Waals surface area contributed by atoms with E-state index in [0.29, 0.717) is 18.9 Å². The van der Waals surface area contributed by atoms with Crippen molar-refractivity contribution in [2.75, 3.05) is 6.54 Å². The van der Waals surface area contributed by atoms with Crippen molar-refractivity contribution in [3.63, 3.8) is 0 Å². The molecule has 0 spiro atoms. The van der Waals surface area contributed by atoms with Crippen LogP contribution in [-0.2, 0) is 16.0 Å². The van der Waals surface area contributed by atoms with Gasteiger partial charge < -0.3 is 14.9 Å². The van der Waals surface area contributed by atoms with Crippen LogP contribution in [0.2, 0.25) is 0 Å². The number of carboxylic acids is 1. The number of ether oxygens (including phenoxy) is 1. The SMILES string of the molecule is O=C(O)CC1CN=C(Cc2cccc(O)c2)O1. The lowest BCUT2D eigenvalue weighted by atomic mass is 10.1. The predicted octanol–water partition coefficient (Wildman–Crippen LogP) is 1.21. The van der Waals surface area contributed by atoms with Crippen LogP contribution in [0.4, 0.5) is 0 Å². The van der Waals surface area contributed by atoms with Crippen molar-refractivity contribution in [2.24, 2.45) is 4.99 Å². The van der Waals surface area contributed by atoms with Crippen molar-refractivity contribution < 1.29 is 19.7 Å². The Balaban J connectivity index is 1.91. The maximum Gasteiger partial charge on any atom is 0.307 e. The number of hydrogen-bond donors (Lipinski definition) is 2. The molecule has 0 aliphatic carbocycles. The molecule has 1 aliphatic heterocycles. The summed E-state index contributed by atoms with van der Waals surface area (Å²) in [5.74, 6) is -0.158. The highest BCUT2D eigenvalue weighted by atomic mass is 16.5. The summed E-state index contributed by atoms with van der Waals surface area (Å²) in [6.45, 7) is 0.389. The zero-order chi connectivity index (χ0) is 12.3. The number of carboxylic acid groups (broad SMARTS) is 1. The number of rotatable bonds is 4. The van der Waals surface area contributed by atoms with Crippen molar-refractivity contribution in [3.8, 4) is 5.75 Å². The Kier molecular flexibility index (Phi) is 3.27. The van der Waals surface area contributed by atoms with E-state index in [1.165, 1.54) is 0 Å². The molecule has 1 atom stereocenters. The van der Waals surface area contributed by atoms with Gasteiger partial charge in [-0.1, -0.05) is 12.1 Å². The maximum absolute atomic E-state index is 10.5. The summed E-state index contributed by atoms with van der Waals surface area (Å²) in [4.78, 5) is 14.6. The zero-order valence-electron chi connectivity index (χ0n) is 9.17. The maximum atomic E-state index is 10.5. The molecule has 1 aromatic rings. The molecule has 0 saturated carbocycles. The van der Waals surface area contributed by atoms with E-state index in [1.54, 1.807) is 18.2 Å². The predicted molar refractivity (Wildman–Crippen MR) is 61.2 cm³/mol. The fourth-order valence-electron chi connectivity index (χ4n) is 1.71. The average molecular weight is 235 g/mol.